The highest BCUT2D eigenvalue weighted by molar-refractivity contribution is 9.10. The molecule has 0 aromatic carbocycles. The fourth-order valence-electron chi connectivity index (χ4n) is 2.27. The molecule has 1 saturated heterocycles. The molecule has 1 atom stereocenters. The van der Waals surface area contributed by atoms with Gasteiger partial charge in [-0.1, -0.05) is 0 Å². The van der Waals surface area contributed by atoms with Gasteiger partial charge in [0.05, 0.1) is 6.33 Å². The summed E-state index contributed by atoms with van der Waals surface area (Å²) in [6.07, 6.45) is 4.46. The SMILES string of the molecule is O=c1[nH]cnc(N2CCCC(CCO)C2)c1Br. The van der Waals surface area contributed by atoms with E-state index >= 15 is 0 Å². The smallest absolute Gasteiger partial charge is 0.267 e. The molecule has 1 fully saturated rings. The molecule has 0 amide bonds. The average Bonchev–Trinajstić information content (AvgIpc) is 2.33. The third-order valence-electron chi connectivity index (χ3n) is 3.13. The van der Waals surface area contributed by atoms with Gasteiger partial charge in [0.1, 0.15) is 10.3 Å². The molecule has 2 heterocycles. The summed E-state index contributed by atoms with van der Waals surface area (Å²) in [6, 6.07) is 0. The Morgan fingerprint density at radius 1 is 1.65 bits per heavy atom. The lowest BCUT2D eigenvalue weighted by Gasteiger charge is -2.33. The quantitative estimate of drug-likeness (QED) is 0.878. The molecular weight excluding hydrogens is 286 g/mol. The highest BCUT2D eigenvalue weighted by Crippen LogP contribution is 2.26. The molecule has 1 aromatic heterocycles. The Balaban J connectivity index is 2.16. The van der Waals surface area contributed by atoms with Crippen molar-refractivity contribution in [2.45, 2.75) is 19.3 Å². The van der Waals surface area contributed by atoms with Crippen molar-refractivity contribution in [3.05, 3.63) is 21.2 Å². The Morgan fingerprint density at radius 2 is 2.47 bits per heavy atom. The lowest BCUT2D eigenvalue weighted by Crippen LogP contribution is -2.37. The zero-order chi connectivity index (χ0) is 12.3. The molecule has 1 aromatic rings. The minimum Gasteiger partial charge on any atom is -0.396 e. The molecular formula is C11H16BrN3O2. The second-order valence-electron chi connectivity index (χ2n) is 4.34. The number of nitrogens with zero attached hydrogens (tertiary/aromatic N) is 2. The molecule has 0 spiro atoms. The van der Waals surface area contributed by atoms with Gasteiger partial charge in [0.25, 0.3) is 5.56 Å². The molecule has 2 rings (SSSR count). The second-order valence-corrected chi connectivity index (χ2v) is 5.13. The first kappa shape index (κ1) is 12.6. The summed E-state index contributed by atoms with van der Waals surface area (Å²) in [5, 5.41) is 8.98. The van der Waals surface area contributed by atoms with Gasteiger partial charge < -0.3 is 15.0 Å². The summed E-state index contributed by atoms with van der Waals surface area (Å²) in [5.74, 6) is 1.19. The second kappa shape index (κ2) is 5.64. The van der Waals surface area contributed by atoms with E-state index in [4.69, 9.17) is 5.11 Å². The Kier molecular flexibility index (Phi) is 4.17. The Hall–Kier alpha value is -0.880. The van der Waals surface area contributed by atoms with Crippen LogP contribution in [-0.2, 0) is 0 Å². The number of hydrogen-bond acceptors (Lipinski definition) is 4. The molecule has 1 aliphatic rings. The van der Waals surface area contributed by atoms with Crippen molar-refractivity contribution in [2.24, 2.45) is 5.92 Å². The van der Waals surface area contributed by atoms with Crippen molar-refractivity contribution < 1.29 is 5.11 Å². The van der Waals surface area contributed by atoms with Crippen molar-refractivity contribution in [1.82, 2.24) is 9.97 Å². The average molecular weight is 302 g/mol. The van der Waals surface area contributed by atoms with Crippen LogP contribution in [0.15, 0.2) is 15.6 Å². The number of aromatic amines is 1. The maximum Gasteiger partial charge on any atom is 0.267 e. The zero-order valence-electron chi connectivity index (χ0n) is 9.53. The van der Waals surface area contributed by atoms with E-state index in [9.17, 15) is 4.79 Å². The van der Waals surface area contributed by atoms with Gasteiger partial charge in [-0.25, -0.2) is 4.98 Å². The number of hydrogen-bond donors (Lipinski definition) is 2. The van der Waals surface area contributed by atoms with Crippen molar-refractivity contribution >= 4 is 21.7 Å². The van der Waals surface area contributed by atoms with Crippen LogP contribution in [0.5, 0.6) is 0 Å². The monoisotopic (exact) mass is 301 g/mol. The molecule has 0 bridgehead atoms. The number of piperidine rings is 1. The van der Waals surface area contributed by atoms with Crippen molar-refractivity contribution in [3.8, 4) is 0 Å². The van der Waals surface area contributed by atoms with E-state index in [1.54, 1.807) is 0 Å². The molecule has 0 aliphatic carbocycles. The van der Waals surface area contributed by atoms with Gasteiger partial charge in [-0.3, -0.25) is 4.79 Å². The van der Waals surface area contributed by atoms with Crippen LogP contribution in [0.4, 0.5) is 5.82 Å². The molecule has 94 valence electrons. The van der Waals surface area contributed by atoms with Gasteiger partial charge in [-0.15, -0.1) is 0 Å². The van der Waals surface area contributed by atoms with Crippen LogP contribution in [0.3, 0.4) is 0 Å². The fraction of sp³-hybridized carbons (Fsp3) is 0.636. The van der Waals surface area contributed by atoms with Crippen molar-refractivity contribution in [2.75, 3.05) is 24.6 Å². The number of aliphatic hydroxyl groups excluding tert-OH is 1. The lowest BCUT2D eigenvalue weighted by atomic mass is 9.95. The number of rotatable bonds is 3. The van der Waals surface area contributed by atoms with Crippen LogP contribution in [0.1, 0.15) is 19.3 Å². The van der Waals surface area contributed by atoms with E-state index in [1.165, 1.54) is 6.33 Å². The summed E-state index contributed by atoms with van der Waals surface area (Å²) in [7, 11) is 0. The van der Waals surface area contributed by atoms with E-state index in [2.05, 4.69) is 30.8 Å². The number of nitrogens with one attached hydrogen (secondary N) is 1. The predicted octanol–water partition coefficient (Wildman–Crippen LogP) is 1.13. The van der Waals surface area contributed by atoms with Crippen LogP contribution < -0.4 is 10.5 Å². The third-order valence-corrected chi connectivity index (χ3v) is 3.85. The van der Waals surface area contributed by atoms with Crippen molar-refractivity contribution in [1.29, 1.82) is 0 Å². The van der Waals surface area contributed by atoms with Gasteiger partial charge in [0.2, 0.25) is 0 Å². The number of aliphatic hydroxyl groups is 1. The first-order valence-corrected chi connectivity index (χ1v) is 6.60. The van der Waals surface area contributed by atoms with Crippen LogP contribution >= 0.6 is 15.9 Å². The summed E-state index contributed by atoms with van der Waals surface area (Å²) >= 11 is 3.28. The number of halogens is 1. The normalized spacial score (nSPS) is 20.6. The summed E-state index contributed by atoms with van der Waals surface area (Å²) in [4.78, 5) is 20.3. The molecule has 2 N–H and O–H groups in total. The summed E-state index contributed by atoms with van der Waals surface area (Å²) in [6.45, 7) is 2.00. The Labute approximate surface area is 108 Å². The van der Waals surface area contributed by atoms with Gasteiger partial charge in [0.15, 0.2) is 0 Å². The van der Waals surface area contributed by atoms with E-state index < -0.39 is 0 Å². The lowest BCUT2D eigenvalue weighted by molar-refractivity contribution is 0.244. The maximum absolute atomic E-state index is 11.5. The Morgan fingerprint density at radius 3 is 3.24 bits per heavy atom. The first-order chi connectivity index (χ1) is 8.22. The van der Waals surface area contributed by atoms with Gasteiger partial charge in [-0.2, -0.15) is 0 Å². The molecule has 0 radical (unpaired) electrons. The fourth-order valence-corrected chi connectivity index (χ4v) is 2.74. The van der Waals surface area contributed by atoms with Crippen LogP contribution in [0.2, 0.25) is 0 Å². The molecule has 0 saturated carbocycles. The molecule has 1 aliphatic heterocycles. The first-order valence-electron chi connectivity index (χ1n) is 5.81. The van der Waals surface area contributed by atoms with Crippen LogP contribution in [0, 0.1) is 5.92 Å². The van der Waals surface area contributed by atoms with Crippen LogP contribution in [0.25, 0.3) is 0 Å². The number of anilines is 1. The predicted molar refractivity (Wildman–Crippen MR) is 69.2 cm³/mol. The van der Waals surface area contributed by atoms with Gasteiger partial charge in [0, 0.05) is 19.7 Å². The minimum atomic E-state index is -0.153. The zero-order valence-corrected chi connectivity index (χ0v) is 11.1. The minimum absolute atomic E-state index is 0.153. The standard InChI is InChI=1S/C11H16BrN3O2/c12-9-10(13-7-14-11(9)17)15-4-1-2-8(6-15)3-5-16/h7-8,16H,1-6H2,(H,13,14,17). The Bertz CT molecular complexity index is 433. The largest absolute Gasteiger partial charge is 0.396 e. The summed E-state index contributed by atoms with van der Waals surface area (Å²) in [5.41, 5.74) is -0.153. The molecule has 5 nitrogen and oxygen atoms in total. The third kappa shape index (κ3) is 2.87. The molecule has 1 unspecified atom stereocenters. The van der Waals surface area contributed by atoms with E-state index in [-0.39, 0.29) is 12.2 Å². The highest BCUT2D eigenvalue weighted by Gasteiger charge is 2.22. The number of H-pyrrole nitrogens is 1. The highest BCUT2D eigenvalue weighted by atomic mass is 79.9. The number of aromatic nitrogens is 2. The van der Waals surface area contributed by atoms with Gasteiger partial charge in [-0.05, 0) is 41.1 Å². The summed E-state index contributed by atoms with van der Waals surface area (Å²) < 4.78 is 0.490. The van der Waals surface area contributed by atoms with Gasteiger partial charge >= 0.3 is 0 Å². The van der Waals surface area contributed by atoms with Crippen LogP contribution in [-0.4, -0.2) is 34.8 Å². The van der Waals surface area contributed by atoms with E-state index in [0.29, 0.717) is 16.2 Å². The van der Waals surface area contributed by atoms with Crippen molar-refractivity contribution in [3.63, 3.8) is 0 Å². The molecule has 6 heteroatoms. The van der Waals surface area contributed by atoms with E-state index in [1.807, 2.05) is 0 Å². The molecule has 17 heavy (non-hydrogen) atoms. The van der Waals surface area contributed by atoms with E-state index in [0.717, 1.165) is 32.4 Å². The maximum atomic E-state index is 11.5. The topological polar surface area (TPSA) is 69.2 Å².